The number of H-pyrrole nitrogens is 2. The van der Waals surface area contributed by atoms with Gasteiger partial charge in [-0.1, -0.05) is 0 Å². The molecule has 2 aliphatic rings. The number of hydrogen-bond donors (Lipinski definition) is 4. The van der Waals surface area contributed by atoms with Gasteiger partial charge in [-0.15, -0.1) is 0 Å². The number of aryl methyl sites for hydroxylation is 2. The largest absolute Gasteiger partial charge is 0.467 e. The van der Waals surface area contributed by atoms with Crippen molar-refractivity contribution < 1.29 is 23.8 Å². The molecule has 5 N–H and O–H groups in total. The Bertz CT molecular complexity index is 1420. The lowest BCUT2D eigenvalue weighted by molar-refractivity contribution is -0.156. The summed E-state index contributed by atoms with van der Waals surface area (Å²) in [4.78, 5) is 77.6. The summed E-state index contributed by atoms with van der Waals surface area (Å²) in [5.74, 6) is -1.44. The fourth-order valence-corrected chi connectivity index (χ4v) is 4.29. The molecule has 4 heterocycles. The van der Waals surface area contributed by atoms with Crippen LogP contribution in [0.5, 0.6) is 0 Å². The van der Waals surface area contributed by atoms with Crippen molar-refractivity contribution in [1.29, 1.82) is 0 Å². The van der Waals surface area contributed by atoms with Crippen LogP contribution in [0.25, 0.3) is 0 Å². The average molecular weight is 506 g/mol. The summed E-state index contributed by atoms with van der Waals surface area (Å²) in [7, 11) is 1.15. The molecule has 0 aliphatic carbocycles. The van der Waals surface area contributed by atoms with E-state index in [1.54, 1.807) is 0 Å². The monoisotopic (exact) mass is 506 g/mol. The summed E-state index contributed by atoms with van der Waals surface area (Å²) in [5.41, 5.74) is 4.12. The van der Waals surface area contributed by atoms with E-state index >= 15 is 0 Å². The number of aromatic nitrogens is 4. The van der Waals surface area contributed by atoms with Crippen LogP contribution in [0.2, 0.25) is 0 Å². The van der Waals surface area contributed by atoms with E-state index in [0.29, 0.717) is 0 Å². The lowest BCUT2D eigenvalue weighted by Gasteiger charge is -2.21. The normalized spacial score (nSPS) is 27.7. The average Bonchev–Trinajstić information content (AvgIpc) is 3.41. The number of carbonyl (C=O) groups excluding carboxylic acids is 2. The first-order valence-corrected chi connectivity index (χ1v) is 11.1. The first-order chi connectivity index (χ1) is 17.0. The number of amides is 1. The summed E-state index contributed by atoms with van der Waals surface area (Å²) in [5, 5.41) is 2.67. The molecule has 36 heavy (non-hydrogen) atoms. The Morgan fingerprint density at radius 2 is 1.44 bits per heavy atom. The maximum atomic E-state index is 13.1. The molecule has 2 aromatic heterocycles. The van der Waals surface area contributed by atoms with E-state index in [1.807, 2.05) is 0 Å². The van der Waals surface area contributed by atoms with Gasteiger partial charge in [-0.2, -0.15) is 0 Å². The molecule has 0 aromatic carbocycles. The van der Waals surface area contributed by atoms with Crippen molar-refractivity contribution in [2.45, 2.75) is 63.4 Å². The molecular formula is C21H26N6O9. The lowest BCUT2D eigenvalue weighted by Crippen LogP contribution is -2.51. The van der Waals surface area contributed by atoms with Crippen LogP contribution in [0.4, 0.5) is 0 Å². The van der Waals surface area contributed by atoms with Crippen molar-refractivity contribution in [2.24, 2.45) is 5.73 Å². The Balaban J connectivity index is 1.53. The van der Waals surface area contributed by atoms with Gasteiger partial charge in [0, 0.05) is 42.4 Å². The number of nitrogens with two attached hydrogens (primary N) is 1. The maximum absolute atomic E-state index is 13.1. The molecule has 4 rings (SSSR count). The van der Waals surface area contributed by atoms with Crippen LogP contribution in [0, 0.1) is 13.8 Å². The van der Waals surface area contributed by atoms with Gasteiger partial charge in [0.15, 0.2) is 12.2 Å². The number of rotatable bonds is 5. The highest BCUT2D eigenvalue weighted by Gasteiger charge is 2.46. The SMILES string of the molecule is COC(=O)[C@H]1O[C@@H](n2cc(C)c(=O)[nH]c2=O)C[C@@H]1NC(=O)[C@H]1O[C@@H](n2cc(C)c(=O)[nH]c2=O)C[C@@H]1N. The van der Waals surface area contributed by atoms with Gasteiger partial charge in [-0.05, 0) is 13.8 Å². The Hall–Kier alpha value is -3.82. The van der Waals surface area contributed by atoms with Crippen molar-refractivity contribution in [3.05, 3.63) is 65.2 Å². The predicted octanol–water partition coefficient (Wildman–Crippen LogP) is -2.74. The number of aromatic amines is 2. The van der Waals surface area contributed by atoms with Crippen LogP contribution in [-0.4, -0.2) is 62.4 Å². The topological polar surface area (TPSA) is 210 Å². The Morgan fingerprint density at radius 3 is 1.97 bits per heavy atom. The van der Waals surface area contributed by atoms with Crippen LogP contribution in [0.3, 0.4) is 0 Å². The maximum Gasteiger partial charge on any atom is 0.337 e. The van der Waals surface area contributed by atoms with Gasteiger partial charge < -0.3 is 25.3 Å². The minimum absolute atomic E-state index is 0.000852. The quantitative estimate of drug-likeness (QED) is 0.307. The highest BCUT2D eigenvalue weighted by atomic mass is 16.6. The molecule has 194 valence electrons. The molecular weight excluding hydrogens is 480 g/mol. The van der Waals surface area contributed by atoms with Crippen LogP contribution in [-0.2, 0) is 23.8 Å². The van der Waals surface area contributed by atoms with E-state index in [4.69, 9.17) is 19.9 Å². The van der Waals surface area contributed by atoms with Gasteiger partial charge in [0.2, 0.25) is 0 Å². The van der Waals surface area contributed by atoms with Crippen LogP contribution in [0.15, 0.2) is 31.6 Å². The lowest BCUT2D eigenvalue weighted by atomic mass is 10.1. The number of carbonyl (C=O) groups is 2. The molecule has 2 aliphatic heterocycles. The van der Waals surface area contributed by atoms with E-state index in [0.717, 1.165) is 16.2 Å². The van der Waals surface area contributed by atoms with Crippen molar-refractivity contribution in [3.8, 4) is 0 Å². The van der Waals surface area contributed by atoms with Gasteiger partial charge >= 0.3 is 17.3 Å². The fourth-order valence-electron chi connectivity index (χ4n) is 4.29. The summed E-state index contributed by atoms with van der Waals surface area (Å²) >= 11 is 0. The number of nitrogens with one attached hydrogen (secondary N) is 3. The zero-order valence-corrected chi connectivity index (χ0v) is 19.7. The van der Waals surface area contributed by atoms with Gasteiger partial charge in [-0.25, -0.2) is 14.4 Å². The fraction of sp³-hybridized carbons (Fsp3) is 0.524. The zero-order valence-electron chi connectivity index (χ0n) is 19.7. The third-order valence-electron chi connectivity index (χ3n) is 6.22. The van der Waals surface area contributed by atoms with E-state index in [2.05, 4.69) is 15.3 Å². The van der Waals surface area contributed by atoms with Crippen LogP contribution in [0.1, 0.15) is 36.4 Å². The molecule has 6 atom stereocenters. The summed E-state index contributed by atoms with van der Waals surface area (Å²) in [6.45, 7) is 3.03. The second-order valence-corrected chi connectivity index (χ2v) is 8.75. The molecule has 2 aromatic rings. The van der Waals surface area contributed by atoms with Crippen molar-refractivity contribution >= 4 is 11.9 Å². The summed E-state index contributed by atoms with van der Waals surface area (Å²) in [6, 6.07) is -1.71. The number of methoxy groups -OCH3 is 1. The van der Waals surface area contributed by atoms with Gasteiger partial charge in [0.25, 0.3) is 17.0 Å². The first-order valence-electron chi connectivity index (χ1n) is 11.1. The molecule has 2 saturated heterocycles. The van der Waals surface area contributed by atoms with E-state index in [-0.39, 0.29) is 24.0 Å². The molecule has 0 radical (unpaired) electrons. The Kier molecular flexibility index (Phi) is 6.79. The predicted molar refractivity (Wildman–Crippen MR) is 121 cm³/mol. The molecule has 2 fully saturated rings. The third kappa shape index (κ3) is 4.67. The number of ether oxygens (including phenoxy) is 3. The van der Waals surface area contributed by atoms with Gasteiger partial charge in [0.05, 0.1) is 13.2 Å². The van der Waals surface area contributed by atoms with Gasteiger partial charge in [0.1, 0.15) is 12.5 Å². The summed E-state index contributed by atoms with van der Waals surface area (Å²) < 4.78 is 18.5. The summed E-state index contributed by atoms with van der Waals surface area (Å²) in [6.07, 6.45) is -1.56. The molecule has 15 nitrogen and oxygen atoms in total. The number of nitrogens with zero attached hydrogens (tertiary/aromatic N) is 2. The van der Waals surface area contributed by atoms with Crippen molar-refractivity contribution in [2.75, 3.05) is 7.11 Å². The highest BCUT2D eigenvalue weighted by Crippen LogP contribution is 2.30. The van der Waals surface area contributed by atoms with Crippen molar-refractivity contribution in [1.82, 2.24) is 24.4 Å². The second kappa shape index (κ2) is 9.67. The Morgan fingerprint density at radius 1 is 0.944 bits per heavy atom. The van der Waals surface area contributed by atoms with Crippen LogP contribution < -0.4 is 33.5 Å². The molecule has 0 bridgehead atoms. The number of hydrogen-bond acceptors (Lipinski definition) is 10. The first kappa shape index (κ1) is 25.3. The Labute approximate surface area is 202 Å². The van der Waals surface area contributed by atoms with E-state index in [9.17, 15) is 28.8 Å². The molecule has 1 amide bonds. The van der Waals surface area contributed by atoms with E-state index in [1.165, 1.54) is 26.2 Å². The third-order valence-corrected chi connectivity index (χ3v) is 6.22. The standard InChI is InChI=1S/C21H26N6O9/c1-8-6-26(20(32)24-16(8)28)12-4-10(22)14(35-12)18(30)23-11-5-13(36-15(11)19(31)34-3)27-7-9(2)17(29)25-21(27)33/h6-7,10-15H,4-5,22H2,1-3H3,(H,23,30)(H,24,28,32)(H,25,29,33)/t10-,11-,12+,13+,14-,15-/m0/s1. The molecule has 0 spiro atoms. The van der Waals surface area contributed by atoms with E-state index < -0.39 is 71.1 Å². The molecule has 0 unspecified atom stereocenters. The number of esters is 1. The smallest absolute Gasteiger partial charge is 0.337 e. The van der Waals surface area contributed by atoms with Crippen LogP contribution >= 0.6 is 0 Å². The molecule has 15 heteroatoms. The molecule has 0 saturated carbocycles. The minimum atomic E-state index is -1.25. The van der Waals surface area contributed by atoms with Gasteiger partial charge in [-0.3, -0.25) is 33.5 Å². The zero-order chi connectivity index (χ0) is 26.3. The van der Waals surface area contributed by atoms with Crippen molar-refractivity contribution in [3.63, 3.8) is 0 Å². The minimum Gasteiger partial charge on any atom is -0.467 e. The highest BCUT2D eigenvalue weighted by molar-refractivity contribution is 5.84. The second-order valence-electron chi connectivity index (χ2n) is 8.75.